The lowest BCUT2D eigenvalue weighted by molar-refractivity contribution is 0.0964. The molecule has 0 fully saturated rings. The molecule has 7 nitrogen and oxygen atoms in total. The van der Waals surface area contributed by atoms with Crippen LogP contribution in [0, 0.1) is 0 Å². The first-order chi connectivity index (χ1) is 15.1. The molecule has 0 bridgehead atoms. The molecular weight excluding hydrogens is 394 g/mol. The lowest BCUT2D eigenvalue weighted by Gasteiger charge is -2.25. The third-order valence-corrected chi connectivity index (χ3v) is 5.90. The van der Waals surface area contributed by atoms with Crippen molar-refractivity contribution in [1.82, 2.24) is 14.8 Å². The van der Waals surface area contributed by atoms with Crippen molar-refractivity contribution >= 4 is 16.8 Å². The number of benzene rings is 2. The summed E-state index contributed by atoms with van der Waals surface area (Å²) in [5.41, 5.74) is 3.16. The molecule has 0 unspecified atom stereocenters. The summed E-state index contributed by atoms with van der Waals surface area (Å²) >= 11 is 0. The highest BCUT2D eigenvalue weighted by atomic mass is 16.5. The van der Waals surface area contributed by atoms with Crippen LogP contribution in [0.2, 0.25) is 0 Å². The molecule has 31 heavy (non-hydrogen) atoms. The van der Waals surface area contributed by atoms with E-state index in [2.05, 4.69) is 10.1 Å². The number of para-hydroxylation sites is 1. The predicted molar refractivity (Wildman–Crippen MR) is 117 cm³/mol. The summed E-state index contributed by atoms with van der Waals surface area (Å²) in [6.07, 6.45) is 2.46. The van der Waals surface area contributed by atoms with E-state index in [1.165, 1.54) is 4.68 Å². The fourth-order valence-corrected chi connectivity index (χ4v) is 4.37. The number of hydrogen-bond acceptors (Lipinski definition) is 5. The molecule has 1 atom stereocenters. The predicted octanol–water partition coefficient (Wildman–Crippen LogP) is 3.64. The maximum Gasteiger partial charge on any atom is 0.281 e. The van der Waals surface area contributed by atoms with Gasteiger partial charge in [-0.25, -0.2) is 9.67 Å². The summed E-state index contributed by atoms with van der Waals surface area (Å²) in [4.78, 5) is 30.7. The number of carbonyl (C=O) groups excluding carboxylic acids is 1. The van der Waals surface area contributed by atoms with Gasteiger partial charge in [0.05, 0.1) is 25.3 Å². The average Bonchev–Trinajstić information content (AvgIpc) is 3.16. The van der Waals surface area contributed by atoms with Crippen molar-refractivity contribution in [3.8, 4) is 17.2 Å². The van der Waals surface area contributed by atoms with Gasteiger partial charge >= 0.3 is 0 Å². The molecule has 7 heteroatoms. The summed E-state index contributed by atoms with van der Waals surface area (Å²) in [6, 6.07) is 14.9. The fraction of sp³-hybridized carbons (Fsp3) is 0.208. The number of Topliss-reactive ketones (excluding diaryl/α,β-unsaturated/α-hetero) is 1. The van der Waals surface area contributed by atoms with Crippen molar-refractivity contribution in [1.29, 1.82) is 0 Å². The minimum atomic E-state index is -0.208. The van der Waals surface area contributed by atoms with Crippen LogP contribution in [-0.2, 0) is 6.42 Å². The van der Waals surface area contributed by atoms with E-state index in [0.717, 1.165) is 16.8 Å². The molecule has 1 aliphatic rings. The smallest absolute Gasteiger partial charge is 0.281 e. The van der Waals surface area contributed by atoms with Gasteiger partial charge in [-0.2, -0.15) is 0 Å². The van der Waals surface area contributed by atoms with Gasteiger partial charge in [-0.3, -0.25) is 14.7 Å². The number of H-pyrrole nitrogens is 1. The van der Waals surface area contributed by atoms with Crippen LogP contribution in [0.25, 0.3) is 16.7 Å². The number of nitrogens with zero attached hydrogens (tertiary/aromatic N) is 2. The molecule has 0 saturated heterocycles. The highest BCUT2D eigenvalue weighted by Gasteiger charge is 2.31. The third kappa shape index (κ3) is 3.09. The van der Waals surface area contributed by atoms with E-state index in [1.54, 1.807) is 20.4 Å². The Morgan fingerprint density at radius 2 is 1.84 bits per heavy atom. The number of ether oxygens (including phenoxy) is 2. The molecular formula is C24H21N3O4. The third-order valence-electron chi connectivity index (χ3n) is 5.90. The lowest BCUT2D eigenvalue weighted by Crippen LogP contribution is -2.22. The zero-order chi connectivity index (χ0) is 21.5. The highest BCUT2D eigenvalue weighted by Crippen LogP contribution is 2.39. The molecule has 2 aromatic carbocycles. The molecule has 1 aliphatic carbocycles. The average molecular weight is 415 g/mol. The van der Waals surface area contributed by atoms with Gasteiger partial charge in [0.1, 0.15) is 11.5 Å². The Bertz CT molecular complexity index is 1350. The molecule has 0 radical (unpaired) electrons. The minimum absolute atomic E-state index is 0.0228. The number of rotatable bonds is 4. The van der Waals surface area contributed by atoms with E-state index < -0.39 is 0 Å². The molecule has 0 spiro atoms. The zero-order valence-corrected chi connectivity index (χ0v) is 17.2. The highest BCUT2D eigenvalue weighted by molar-refractivity contribution is 6.02. The molecule has 2 heterocycles. The van der Waals surface area contributed by atoms with Gasteiger partial charge in [-0.05, 0) is 41.7 Å². The number of aromatic nitrogens is 3. The maximum atomic E-state index is 13.3. The Morgan fingerprint density at radius 1 is 1.03 bits per heavy atom. The molecule has 2 aromatic heterocycles. The molecule has 5 rings (SSSR count). The molecule has 1 N–H and O–H groups in total. The first kappa shape index (κ1) is 19.1. The molecule has 0 saturated carbocycles. The van der Waals surface area contributed by atoms with Crippen LogP contribution >= 0.6 is 0 Å². The number of pyridine rings is 1. The summed E-state index contributed by atoms with van der Waals surface area (Å²) in [5.74, 6) is 1.23. The maximum absolute atomic E-state index is 13.3. The second kappa shape index (κ2) is 7.43. The Labute approximate surface area is 178 Å². The zero-order valence-electron chi connectivity index (χ0n) is 17.2. The number of methoxy groups -OCH3 is 2. The van der Waals surface area contributed by atoms with E-state index in [0.29, 0.717) is 40.9 Å². The number of aromatic amines is 1. The number of fused-ring (bicyclic) bond motifs is 3. The van der Waals surface area contributed by atoms with Crippen LogP contribution in [0.3, 0.4) is 0 Å². The van der Waals surface area contributed by atoms with Crippen LogP contribution in [0.1, 0.15) is 33.8 Å². The van der Waals surface area contributed by atoms with Crippen molar-refractivity contribution in [2.24, 2.45) is 0 Å². The SMILES string of the molecule is COc1ccc([C@H]2CC(=O)c3cnc4[nH]n(-c5ccccc5)c(=O)c4c3C2)c(OC)c1. The Kier molecular flexibility index (Phi) is 4.58. The summed E-state index contributed by atoms with van der Waals surface area (Å²) in [6.45, 7) is 0. The van der Waals surface area contributed by atoms with Crippen molar-refractivity contribution in [3.63, 3.8) is 0 Å². The van der Waals surface area contributed by atoms with Gasteiger partial charge in [-0.15, -0.1) is 0 Å². The second-order valence-corrected chi connectivity index (χ2v) is 7.60. The Hall–Kier alpha value is -3.87. The van der Waals surface area contributed by atoms with Gasteiger partial charge in [0.25, 0.3) is 5.56 Å². The van der Waals surface area contributed by atoms with Crippen molar-refractivity contribution in [2.45, 2.75) is 18.8 Å². The van der Waals surface area contributed by atoms with E-state index in [-0.39, 0.29) is 17.3 Å². The van der Waals surface area contributed by atoms with Crippen LogP contribution in [0.4, 0.5) is 0 Å². The van der Waals surface area contributed by atoms with Gasteiger partial charge in [0.15, 0.2) is 11.4 Å². The topological polar surface area (TPSA) is 86.2 Å². The standard InChI is InChI=1S/C24H21N3O4/c1-30-16-8-9-17(21(12-16)31-2)14-10-18-19(20(28)11-14)13-25-23-22(18)24(29)27(26-23)15-6-4-3-5-7-15/h3-9,12-14H,10-11H2,1-2H3,(H,25,26)/t14-/m1/s1. The monoisotopic (exact) mass is 415 g/mol. The first-order valence-corrected chi connectivity index (χ1v) is 10.0. The van der Waals surface area contributed by atoms with Crippen molar-refractivity contribution in [3.05, 3.63) is 81.8 Å². The number of carbonyl (C=O) groups is 1. The van der Waals surface area contributed by atoms with E-state index in [9.17, 15) is 9.59 Å². The Morgan fingerprint density at radius 3 is 2.58 bits per heavy atom. The van der Waals surface area contributed by atoms with Crippen LogP contribution < -0.4 is 15.0 Å². The largest absolute Gasteiger partial charge is 0.497 e. The quantitative estimate of drug-likeness (QED) is 0.550. The van der Waals surface area contributed by atoms with E-state index >= 15 is 0 Å². The number of nitrogens with one attached hydrogen (secondary N) is 1. The summed E-state index contributed by atoms with van der Waals surface area (Å²) < 4.78 is 12.3. The van der Waals surface area contributed by atoms with Gasteiger partial charge in [-0.1, -0.05) is 24.3 Å². The van der Waals surface area contributed by atoms with E-state index in [4.69, 9.17) is 9.47 Å². The molecule has 0 aliphatic heterocycles. The normalized spacial score (nSPS) is 15.7. The number of ketones is 1. The molecule has 0 amide bonds. The second-order valence-electron chi connectivity index (χ2n) is 7.60. The first-order valence-electron chi connectivity index (χ1n) is 10.0. The van der Waals surface area contributed by atoms with Crippen molar-refractivity contribution < 1.29 is 14.3 Å². The number of hydrogen-bond donors (Lipinski definition) is 1. The summed E-state index contributed by atoms with van der Waals surface area (Å²) in [5, 5.41) is 3.54. The molecule has 4 aromatic rings. The van der Waals surface area contributed by atoms with Gasteiger partial charge in [0.2, 0.25) is 0 Å². The lowest BCUT2D eigenvalue weighted by atomic mass is 9.79. The summed E-state index contributed by atoms with van der Waals surface area (Å²) in [7, 11) is 3.20. The van der Waals surface area contributed by atoms with Crippen LogP contribution in [0.15, 0.2) is 59.5 Å². The van der Waals surface area contributed by atoms with Crippen molar-refractivity contribution in [2.75, 3.05) is 14.2 Å². The van der Waals surface area contributed by atoms with Crippen LogP contribution in [-0.4, -0.2) is 34.8 Å². The van der Waals surface area contributed by atoms with E-state index in [1.807, 2.05) is 48.5 Å². The Balaban J connectivity index is 1.65. The minimum Gasteiger partial charge on any atom is -0.497 e. The van der Waals surface area contributed by atoms with Gasteiger partial charge < -0.3 is 9.47 Å². The van der Waals surface area contributed by atoms with Crippen LogP contribution in [0.5, 0.6) is 11.5 Å². The van der Waals surface area contributed by atoms with Gasteiger partial charge in [0, 0.05) is 24.2 Å². The molecule has 156 valence electrons. The fourth-order valence-electron chi connectivity index (χ4n) is 4.37.